The zero-order chi connectivity index (χ0) is 26.1. The molecular weight excluding hydrogens is 491 g/mol. The van der Waals surface area contributed by atoms with Gasteiger partial charge >= 0.3 is 12.1 Å². The number of alkyl halides is 5. The molecule has 0 aliphatic carbocycles. The Balaban J connectivity index is 2.62. The fourth-order valence-electron chi connectivity index (χ4n) is 2.65. The molecule has 0 aromatic carbocycles. The average Bonchev–Trinajstić information content (AvgIpc) is 2.77. The lowest BCUT2D eigenvalue weighted by molar-refractivity contribution is -0.290. The normalized spacial score (nSPS) is 12.5. The van der Waals surface area contributed by atoms with E-state index < -0.39 is 39.9 Å². The molecule has 0 unspecified atom stereocenters. The first-order valence-corrected chi connectivity index (χ1v) is 11.4. The number of hydrogen-bond donors (Lipinski definition) is 0. The Bertz CT molecular complexity index is 1240. The van der Waals surface area contributed by atoms with Gasteiger partial charge in [-0.2, -0.15) is 22.0 Å². The molecule has 188 valence electrons. The van der Waals surface area contributed by atoms with Gasteiger partial charge in [0.2, 0.25) is 11.7 Å². The fourth-order valence-corrected chi connectivity index (χ4v) is 3.66. The molecule has 1 amide bonds. The lowest BCUT2D eigenvalue weighted by Gasteiger charge is -2.20. The zero-order valence-corrected chi connectivity index (χ0v) is 19.3. The van der Waals surface area contributed by atoms with E-state index in [0.717, 1.165) is 11.9 Å². The Labute approximate surface area is 191 Å². The number of rotatable bonds is 8. The van der Waals surface area contributed by atoms with Crippen LogP contribution in [0.4, 0.5) is 27.8 Å². The van der Waals surface area contributed by atoms with Gasteiger partial charge in [0.25, 0.3) is 5.56 Å². The number of ether oxygens (including phenoxy) is 1. The average molecular weight is 512 g/mol. The molecule has 2 aromatic heterocycles. The number of carbonyl (C=O) groups excluding carboxylic acids is 1. The number of amides is 1. The predicted molar refractivity (Wildman–Crippen MR) is 111 cm³/mol. The Morgan fingerprint density at radius 1 is 1.18 bits per heavy atom. The van der Waals surface area contributed by atoms with Crippen molar-refractivity contribution in [3.8, 4) is 17.3 Å². The van der Waals surface area contributed by atoms with Crippen LogP contribution in [-0.2, 0) is 21.7 Å². The highest BCUT2D eigenvalue weighted by Crippen LogP contribution is 2.35. The summed E-state index contributed by atoms with van der Waals surface area (Å²) in [5.41, 5.74) is -1.48. The minimum Gasteiger partial charge on any atom is -0.480 e. The first kappa shape index (κ1) is 27.1. The van der Waals surface area contributed by atoms with Gasteiger partial charge in [0.15, 0.2) is 22.3 Å². The van der Waals surface area contributed by atoms with Crippen molar-refractivity contribution in [3.63, 3.8) is 0 Å². The molecule has 0 fully saturated rings. The van der Waals surface area contributed by atoms with Crippen molar-refractivity contribution in [1.82, 2.24) is 14.5 Å². The van der Waals surface area contributed by atoms with E-state index in [9.17, 15) is 40.0 Å². The number of halogens is 5. The van der Waals surface area contributed by atoms with Crippen LogP contribution in [0.2, 0.25) is 0 Å². The van der Waals surface area contributed by atoms with E-state index in [1.165, 1.54) is 26.1 Å². The van der Waals surface area contributed by atoms with Crippen LogP contribution in [0.3, 0.4) is 0 Å². The van der Waals surface area contributed by atoms with Crippen molar-refractivity contribution in [2.75, 3.05) is 24.3 Å². The molecule has 0 radical (unpaired) electrons. The van der Waals surface area contributed by atoms with Crippen molar-refractivity contribution < 1.29 is 39.9 Å². The van der Waals surface area contributed by atoms with E-state index in [1.807, 2.05) is 0 Å². The summed E-state index contributed by atoms with van der Waals surface area (Å²) in [4.78, 5) is 33.4. The number of aromatic nitrogens is 3. The first-order valence-electron chi connectivity index (χ1n) is 9.71. The van der Waals surface area contributed by atoms with E-state index in [2.05, 4.69) is 14.7 Å². The van der Waals surface area contributed by atoms with Crippen molar-refractivity contribution >= 4 is 21.6 Å². The maximum Gasteiger partial charge on any atom is 0.456 e. The van der Waals surface area contributed by atoms with Gasteiger partial charge in [-0.05, 0) is 12.1 Å². The summed E-state index contributed by atoms with van der Waals surface area (Å²) >= 11 is 0. The molecule has 0 atom stereocenters. The highest BCUT2D eigenvalue weighted by Gasteiger charge is 2.58. The van der Waals surface area contributed by atoms with Crippen molar-refractivity contribution in [1.29, 1.82) is 0 Å². The number of pyridine rings is 1. The van der Waals surface area contributed by atoms with Crippen LogP contribution in [0, 0.1) is 0 Å². The topological polar surface area (TPSA) is 111 Å². The van der Waals surface area contributed by atoms with Crippen LogP contribution in [-0.4, -0.2) is 60.4 Å². The smallest absolute Gasteiger partial charge is 0.456 e. The van der Waals surface area contributed by atoms with E-state index in [4.69, 9.17) is 0 Å². The first-order chi connectivity index (χ1) is 15.6. The van der Waals surface area contributed by atoms with Crippen LogP contribution in [0.1, 0.15) is 20.3 Å². The summed E-state index contributed by atoms with van der Waals surface area (Å²) in [6.07, 6.45) is -5.17. The monoisotopic (exact) mass is 512 g/mol. The summed E-state index contributed by atoms with van der Waals surface area (Å²) in [7, 11) is -1.43. The molecule has 0 spiro atoms. The van der Waals surface area contributed by atoms with E-state index >= 15 is 0 Å². The highest BCUT2D eigenvalue weighted by molar-refractivity contribution is 7.91. The molecule has 0 saturated heterocycles. The van der Waals surface area contributed by atoms with Crippen LogP contribution in [0.15, 0.2) is 28.0 Å². The number of anilines is 1. The van der Waals surface area contributed by atoms with E-state index in [0.29, 0.717) is 10.8 Å². The molecule has 0 aliphatic heterocycles. The Kier molecular flexibility index (Phi) is 7.70. The number of hydrogen-bond acceptors (Lipinski definition) is 7. The van der Waals surface area contributed by atoms with Gasteiger partial charge in [-0.1, -0.05) is 13.8 Å². The summed E-state index contributed by atoms with van der Waals surface area (Å²) in [5, 5.41) is 0. The van der Waals surface area contributed by atoms with Gasteiger partial charge < -0.3 is 4.74 Å². The Morgan fingerprint density at radius 3 is 2.32 bits per heavy atom. The molecule has 0 saturated carbocycles. The number of sulfone groups is 1. The third-order valence-electron chi connectivity index (χ3n) is 4.75. The standard InChI is InChI=1S/C19H21F5N4O5S/c1-5-14(29)27(3)13-8-7-12(34(31,32)6-2)15(26-13)16-25-9-11(17(30)28(16)4)33-10-18(20,21)19(22,23)24/h7-9H,5-6,10H2,1-4H3. The minimum absolute atomic E-state index is 0.0382. The quantitative estimate of drug-likeness (QED) is 0.500. The highest BCUT2D eigenvalue weighted by atomic mass is 32.2. The van der Waals surface area contributed by atoms with Gasteiger partial charge in [-0.15, -0.1) is 0 Å². The maximum atomic E-state index is 13.1. The molecule has 2 rings (SSSR count). The lowest BCUT2D eigenvalue weighted by Crippen LogP contribution is -2.42. The molecule has 2 aromatic rings. The van der Waals surface area contributed by atoms with Crippen LogP contribution in [0.25, 0.3) is 11.5 Å². The van der Waals surface area contributed by atoms with Gasteiger partial charge in [0, 0.05) is 20.5 Å². The van der Waals surface area contributed by atoms with Gasteiger partial charge in [-0.3, -0.25) is 19.1 Å². The second kappa shape index (κ2) is 9.64. The van der Waals surface area contributed by atoms with Crippen LogP contribution < -0.4 is 15.2 Å². The summed E-state index contributed by atoms with van der Waals surface area (Å²) < 4.78 is 93.6. The van der Waals surface area contributed by atoms with Gasteiger partial charge in [0.05, 0.1) is 16.8 Å². The third-order valence-corrected chi connectivity index (χ3v) is 6.51. The van der Waals surface area contributed by atoms with Crippen molar-refractivity contribution in [2.45, 2.75) is 37.3 Å². The Morgan fingerprint density at radius 2 is 1.79 bits per heavy atom. The minimum atomic E-state index is -5.89. The maximum absolute atomic E-state index is 13.1. The number of nitrogens with zero attached hydrogens (tertiary/aromatic N) is 4. The molecule has 34 heavy (non-hydrogen) atoms. The van der Waals surface area contributed by atoms with Crippen LogP contribution >= 0.6 is 0 Å². The van der Waals surface area contributed by atoms with Gasteiger partial charge in [0.1, 0.15) is 11.5 Å². The summed E-state index contributed by atoms with van der Waals surface area (Å²) in [5.74, 6) is -7.12. The zero-order valence-electron chi connectivity index (χ0n) is 18.5. The lowest BCUT2D eigenvalue weighted by atomic mass is 10.3. The summed E-state index contributed by atoms with van der Waals surface area (Å²) in [6, 6.07) is 2.46. The second-order valence-corrected chi connectivity index (χ2v) is 9.27. The van der Waals surface area contributed by atoms with Crippen LogP contribution in [0.5, 0.6) is 5.75 Å². The van der Waals surface area contributed by atoms with Crippen molar-refractivity contribution in [2.24, 2.45) is 7.05 Å². The third kappa shape index (κ3) is 5.34. The fraction of sp³-hybridized carbons (Fsp3) is 0.474. The molecule has 2 heterocycles. The van der Waals surface area contributed by atoms with Crippen molar-refractivity contribution in [3.05, 3.63) is 28.7 Å². The molecule has 15 heteroatoms. The van der Waals surface area contributed by atoms with Gasteiger partial charge in [-0.25, -0.2) is 18.4 Å². The summed E-state index contributed by atoms with van der Waals surface area (Å²) in [6.45, 7) is 0.811. The molecule has 0 aliphatic rings. The van der Waals surface area contributed by atoms with E-state index in [1.54, 1.807) is 6.92 Å². The predicted octanol–water partition coefficient (Wildman–Crippen LogP) is 2.59. The SMILES string of the molecule is CCC(=O)N(C)c1ccc(S(=O)(=O)CC)c(-c2ncc(OCC(F)(F)C(F)(F)F)c(=O)n2C)n1. The molecule has 9 nitrogen and oxygen atoms in total. The molecular formula is C19H21F5N4O5S. The second-order valence-electron chi connectivity index (χ2n) is 7.03. The Hall–Kier alpha value is -3.10. The van der Waals surface area contributed by atoms with E-state index in [-0.39, 0.29) is 40.3 Å². The molecule has 0 bridgehead atoms. The largest absolute Gasteiger partial charge is 0.480 e. The number of carbonyl (C=O) groups is 1. The molecule has 0 N–H and O–H groups in total.